The second kappa shape index (κ2) is 7.42. The lowest BCUT2D eigenvalue weighted by atomic mass is 9.93. The lowest BCUT2D eigenvalue weighted by Crippen LogP contribution is -2.52. The van der Waals surface area contributed by atoms with Crippen LogP contribution in [0.3, 0.4) is 0 Å². The summed E-state index contributed by atoms with van der Waals surface area (Å²) >= 11 is 0. The summed E-state index contributed by atoms with van der Waals surface area (Å²) in [7, 11) is -3.57. The van der Waals surface area contributed by atoms with Gasteiger partial charge in [0.2, 0.25) is 5.91 Å². The second-order valence-electron chi connectivity index (χ2n) is 6.86. The van der Waals surface area contributed by atoms with E-state index >= 15 is 0 Å². The van der Waals surface area contributed by atoms with Crippen molar-refractivity contribution in [1.29, 1.82) is 0 Å². The number of hydrogen-bond donors (Lipinski definition) is 1. The van der Waals surface area contributed by atoms with E-state index in [1.54, 1.807) is 41.6 Å². The third-order valence-electron chi connectivity index (χ3n) is 5.12. The predicted molar refractivity (Wildman–Crippen MR) is 101 cm³/mol. The minimum Gasteiger partial charge on any atom is -0.395 e. The zero-order chi connectivity index (χ0) is 19.7. The molecule has 1 atom stereocenters. The normalized spacial score (nSPS) is 18.4. The Morgan fingerprint density at radius 3 is 2.43 bits per heavy atom. The number of carbonyl (C=O) groups excluding carboxylic acids is 1. The molecule has 2 fully saturated rings. The smallest absolute Gasteiger partial charge is 0.261 e. The Bertz CT molecular complexity index is 993. The number of carbonyl (C=O) groups is 1. The molecule has 2 aromatic heterocycles. The molecule has 0 radical (unpaired) electrons. The van der Waals surface area contributed by atoms with Gasteiger partial charge in [0.25, 0.3) is 10.0 Å². The molecule has 146 valence electrons. The van der Waals surface area contributed by atoms with Gasteiger partial charge in [-0.3, -0.25) is 9.78 Å². The van der Waals surface area contributed by atoms with Crippen molar-refractivity contribution in [3.63, 3.8) is 0 Å². The average Bonchev–Trinajstić information content (AvgIpc) is 2.64. The molecule has 28 heavy (non-hydrogen) atoms. The van der Waals surface area contributed by atoms with E-state index in [9.17, 15) is 18.3 Å². The number of likely N-dealkylation sites (tertiary alicyclic amines) is 1. The largest absolute Gasteiger partial charge is 0.395 e. The SMILES string of the molecule is O=C(C(CO)c1cccnc1)N1CC(=C2CN(S(=O)(=O)c3ccccn3)C2)C1. The molecule has 2 saturated heterocycles. The van der Waals surface area contributed by atoms with Crippen LogP contribution in [-0.4, -0.2) is 71.4 Å². The summed E-state index contributed by atoms with van der Waals surface area (Å²) in [4.78, 5) is 22.2. The number of aliphatic hydroxyl groups excluding tert-OH is 1. The minimum atomic E-state index is -3.57. The molecular formula is C19H20N4O4S. The van der Waals surface area contributed by atoms with Gasteiger partial charge >= 0.3 is 0 Å². The van der Waals surface area contributed by atoms with E-state index in [1.807, 2.05) is 0 Å². The zero-order valence-corrected chi connectivity index (χ0v) is 15.9. The molecule has 1 N–H and O–H groups in total. The fourth-order valence-electron chi connectivity index (χ4n) is 3.33. The average molecular weight is 400 g/mol. The van der Waals surface area contributed by atoms with E-state index in [0.29, 0.717) is 31.7 Å². The van der Waals surface area contributed by atoms with E-state index in [4.69, 9.17) is 0 Å². The fourth-order valence-corrected chi connectivity index (χ4v) is 4.69. The van der Waals surface area contributed by atoms with Gasteiger partial charge in [0, 0.05) is 44.8 Å². The number of pyridine rings is 2. The molecule has 2 aliphatic rings. The molecule has 9 heteroatoms. The van der Waals surface area contributed by atoms with Gasteiger partial charge < -0.3 is 10.0 Å². The summed E-state index contributed by atoms with van der Waals surface area (Å²) in [5, 5.41) is 9.66. The van der Waals surface area contributed by atoms with Gasteiger partial charge in [-0.1, -0.05) is 12.1 Å². The van der Waals surface area contributed by atoms with Crippen molar-refractivity contribution in [3.05, 3.63) is 65.6 Å². The number of sulfonamides is 1. The first-order valence-electron chi connectivity index (χ1n) is 8.91. The van der Waals surface area contributed by atoms with Gasteiger partial charge in [-0.05, 0) is 34.9 Å². The topological polar surface area (TPSA) is 104 Å². The van der Waals surface area contributed by atoms with Crippen molar-refractivity contribution < 1.29 is 18.3 Å². The Hall–Kier alpha value is -2.62. The van der Waals surface area contributed by atoms with Crippen LogP contribution in [-0.2, 0) is 14.8 Å². The zero-order valence-electron chi connectivity index (χ0n) is 15.1. The van der Waals surface area contributed by atoms with Crippen LogP contribution in [0.15, 0.2) is 65.1 Å². The van der Waals surface area contributed by atoms with E-state index in [2.05, 4.69) is 9.97 Å². The molecule has 1 amide bonds. The summed E-state index contributed by atoms with van der Waals surface area (Å²) in [5.41, 5.74) is 2.82. The van der Waals surface area contributed by atoms with Gasteiger partial charge in [0.15, 0.2) is 5.03 Å². The third kappa shape index (κ3) is 3.32. The molecule has 2 aliphatic heterocycles. The monoisotopic (exact) mass is 400 g/mol. The molecule has 0 aliphatic carbocycles. The molecule has 0 saturated carbocycles. The number of amides is 1. The maximum atomic E-state index is 12.6. The van der Waals surface area contributed by atoms with E-state index < -0.39 is 15.9 Å². The van der Waals surface area contributed by atoms with Crippen LogP contribution in [0.2, 0.25) is 0 Å². The summed E-state index contributed by atoms with van der Waals surface area (Å²) in [6, 6.07) is 8.32. The van der Waals surface area contributed by atoms with Crippen molar-refractivity contribution in [2.75, 3.05) is 32.8 Å². The molecule has 1 unspecified atom stereocenters. The van der Waals surface area contributed by atoms with Crippen LogP contribution >= 0.6 is 0 Å². The fraction of sp³-hybridized carbons (Fsp3) is 0.316. The Kier molecular flexibility index (Phi) is 4.96. The maximum Gasteiger partial charge on any atom is 0.261 e. The summed E-state index contributed by atoms with van der Waals surface area (Å²) in [5.74, 6) is -0.764. The molecule has 0 spiro atoms. The van der Waals surface area contributed by atoms with Crippen LogP contribution in [0.5, 0.6) is 0 Å². The Balaban J connectivity index is 1.37. The van der Waals surface area contributed by atoms with Gasteiger partial charge in [0.1, 0.15) is 0 Å². The van der Waals surface area contributed by atoms with E-state index in [0.717, 1.165) is 11.1 Å². The number of nitrogens with zero attached hydrogens (tertiary/aromatic N) is 4. The van der Waals surface area contributed by atoms with Gasteiger partial charge in [0.05, 0.1) is 12.5 Å². The Labute approximate surface area is 163 Å². The van der Waals surface area contributed by atoms with Crippen molar-refractivity contribution in [1.82, 2.24) is 19.2 Å². The third-order valence-corrected chi connectivity index (χ3v) is 6.83. The lowest BCUT2D eigenvalue weighted by Gasteiger charge is -2.42. The Morgan fingerprint density at radius 1 is 1.07 bits per heavy atom. The number of hydrogen-bond acceptors (Lipinski definition) is 6. The highest BCUT2D eigenvalue weighted by molar-refractivity contribution is 7.89. The molecular weight excluding hydrogens is 380 g/mol. The first-order chi connectivity index (χ1) is 13.5. The van der Waals surface area contributed by atoms with Crippen molar-refractivity contribution in [3.8, 4) is 0 Å². The van der Waals surface area contributed by atoms with Gasteiger partial charge in [-0.2, -0.15) is 4.31 Å². The lowest BCUT2D eigenvalue weighted by molar-refractivity contribution is -0.135. The molecule has 4 heterocycles. The van der Waals surface area contributed by atoms with Crippen LogP contribution in [0.4, 0.5) is 0 Å². The Morgan fingerprint density at radius 2 is 1.82 bits per heavy atom. The first kappa shape index (κ1) is 18.7. The molecule has 4 rings (SSSR count). The van der Waals surface area contributed by atoms with Gasteiger partial charge in [-0.25, -0.2) is 13.4 Å². The second-order valence-corrected chi connectivity index (χ2v) is 8.75. The highest BCUT2D eigenvalue weighted by Gasteiger charge is 2.39. The highest BCUT2D eigenvalue weighted by Crippen LogP contribution is 2.31. The first-order valence-corrected chi connectivity index (χ1v) is 10.3. The van der Waals surface area contributed by atoms with Crippen LogP contribution < -0.4 is 0 Å². The summed E-state index contributed by atoms with van der Waals surface area (Å²) in [6.07, 6.45) is 4.67. The predicted octanol–water partition coefficient (Wildman–Crippen LogP) is 0.396. The summed E-state index contributed by atoms with van der Waals surface area (Å²) in [6.45, 7) is 1.35. The quantitative estimate of drug-likeness (QED) is 0.729. The number of aliphatic hydroxyl groups is 1. The summed E-state index contributed by atoms with van der Waals surface area (Å²) < 4.78 is 26.4. The molecule has 8 nitrogen and oxygen atoms in total. The van der Waals surface area contributed by atoms with Crippen LogP contribution in [0, 0.1) is 0 Å². The standard InChI is InChI=1S/C19H20N4O4S/c24-13-17(14-4-3-6-20-8-14)19(25)22-9-15(10-22)16-11-23(12-16)28(26,27)18-5-1-2-7-21-18/h1-8,17,24H,9-13H2. The van der Waals surface area contributed by atoms with Crippen molar-refractivity contribution in [2.24, 2.45) is 0 Å². The maximum absolute atomic E-state index is 12.6. The van der Waals surface area contributed by atoms with Crippen molar-refractivity contribution >= 4 is 15.9 Å². The molecule has 0 bridgehead atoms. The number of rotatable bonds is 5. The molecule has 0 aromatic carbocycles. The van der Waals surface area contributed by atoms with Crippen LogP contribution in [0.1, 0.15) is 11.5 Å². The molecule has 2 aromatic rings. The van der Waals surface area contributed by atoms with E-state index in [-0.39, 0.29) is 17.5 Å². The highest BCUT2D eigenvalue weighted by atomic mass is 32.2. The van der Waals surface area contributed by atoms with E-state index in [1.165, 1.54) is 16.6 Å². The van der Waals surface area contributed by atoms with Gasteiger partial charge in [-0.15, -0.1) is 0 Å². The number of aromatic nitrogens is 2. The minimum absolute atomic E-state index is 0.0479. The van der Waals surface area contributed by atoms with Crippen LogP contribution in [0.25, 0.3) is 0 Å². The van der Waals surface area contributed by atoms with Crippen molar-refractivity contribution in [2.45, 2.75) is 10.9 Å².